The molecule has 0 saturated carbocycles. The molecule has 0 atom stereocenters. The van der Waals surface area contributed by atoms with Gasteiger partial charge >= 0.3 is 0 Å². The third kappa shape index (κ3) is 5.67. The van der Waals surface area contributed by atoms with Crippen LogP contribution in [0, 0.1) is 25.2 Å². The number of carbonyl (C=O) groups is 1. The number of anilines is 1. The maximum Gasteiger partial charge on any atom is 0.246 e. The predicted octanol–water partition coefficient (Wildman–Crippen LogP) is 3.19. The van der Waals surface area contributed by atoms with Gasteiger partial charge in [-0.3, -0.25) is 4.79 Å². The smallest absolute Gasteiger partial charge is 0.246 e. The van der Waals surface area contributed by atoms with Crippen LogP contribution in [-0.2, 0) is 11.2 Å². The largest absolute Gasteiger partial charge is 0.371 e. The summed E-state index contributed by atoms with van der Waals surface area (Å²) in [5.74, 6) is -0.182. The van der Waals surface area contributed by atoms with Gasteiger partial charge in [0.15, 0.2) is 0 Å². The first-order valence-corrected chi connectivity index (χ1v) is 9.37. The molecule has 7 heteroatoms. The Morgan fingerprint density at radius 1 is 1.46 bits per heavy atom. The van der Waals surface area contributed by atoms with Crippen molar-refractivity contribution in [3.63, 3.8) is 0 Å². The number of carbonyl (C=O) groups excluding carboxylic acids is 1. The minimum Gasteiger partial charge on any atom is -0.371 e. The molecule has 1 N–H and O–H groups in total. The molecule has 1 amide bonds. The van der Waals surface area contributed by atoms with Gasteiger partial charge in [-0.25, -0.2) is 10.4 Å². The zero-order valence-corrected chi connectivity index (χ0v) is 16.1. The standard InChI is InChI=1S/C19H23N5OS/c1-4-24(9-5-8-20)17-7-6-16(14(2)10-17)12-21-23-18(25)11-19-22-15(3)13-26-19/h6-7,10,12-13H,4-5,9,11H2,1-3H3,(H,23,25)/b21-12-. The molecule has 0 aliphatic rings. The molecule has 0 fully saturated rings. The summed E-state index contributed by atoms with van der Waals surface area (Å²) in [6.45, 7) is 7.54. The van der Waals surface area contributed by atoms with Gasteiger partial charge in [0, 0.05) is 29.9 Å². The second kappa shape index (κ2) is 9.68. The maximum absolute atomic E-state index is 11.9. The topological polar surface area (TPSA) is 81.4 Å². The van der Waals surface area contributed by atoms with E-state index in [2.05, 4.69) is 39.5 Å². The second-order valence-electron chi connectivity index (χ2n) is 5.88. The number of amides is 1. The van der Waals surface area contributed by atoms with E-state index in [1.54, 1.807) is 6.21 Å². The van der Waals surface area contributed by atoms with E-state index in [0.29, 0.717) is 13.0 Å². The zero-order valence-electron chi connectivity index (χ0n) is 15.3. The van der Waals surface area contributed by atoms with Crippen molar-refractivity contribution in [1.29, 1.82) is 5.26 Å². The Bertz CT molecular complexity index is 822. The Morgan fingerprint density at radius 3 is 2.88 bits per heavy atom. The van der Waals surface area contributed by atoms with E-state index in [0.717, 1.165) is 34.1 Å². The molecule has 0 aliphatic heterocycles. The number of hydrazone groups is 1. The van der Waals surface area contributed by atoms with Crippen LogP contribution in [0.15, 0.2) is 28.7 Å². The normalized spacial score (nSPS) is 10.7. The summed E-state index contributed by atoms with van der Waals surface area (Å²) in [5, 5.41) is 15.5. The van der Waals surface area contributed by atoms with Crippen LogP contribution in [0.3, 0.4) is 0 Å². The Balaban J connectivity index is 1.95. The van der Waals surface area contributed by atoms with Gasteiger partial charge in [0.05, 0.1) is 25.1 Å². The molecule has 136 valence electrons. The number of hydrogen-bond acceptors (Lipinski definition) is 6. The highest BCUT2D eigenvalue weighted by atomic mass is 32.1. The van der Waals surface area contributed by atoms with Gasteiger partial charge < -0.3 is 4.90 Å². The van der Waals surface area contributed by atoms with Crippen molar-refractivity contribution in [2.24, 2.45) is 5.10 Å². The van der Waals surface area contributed by atoms with Gasteiger partial charge in [0.25, 0.3) is 0 Å². The number of thiazole rings is 1. The van der Waals surface area contributed by atoms with E-state index in [1.165, 1.54) is 11.3 Å². The van der Waals surface area contributed by atoms with Gasteiger partial charge in [-0.2, -0.15) is 10.4 Å². The van der Waals surface area contributed by atoms with Crippen molar-refractivity contribution < 1.29 is 4.79 Å². The summed E-state index contributed by atoms with van der Waals surface area (Å²) in [6.07, 6.45) is 2.38. The van der Waals surface area contributed by atoms with Crippen LogP contribution in [0.4, 0.5) is 5.69 Å². The molecule has 1 heterocycles. The summed E-state index contributed by atoms with van der Waals surface area (Å²) >= 11 is 1.47. The fourth-order valence-corrected chi connectivity index (χ4v) is 3.26. The molecule has 1 aromatic heterocycles. The Labute approximate surface area is 158 Å². The van der Waals surface area contributed by atoms with E-state index in [9.17, 15) is 4.79 Å². The minimum absolute atomic E-state index is 0.182. The number of rotatable bonds is 8. The third-order valence-electron chi connectivity index (χ3n) is 3.87. The molecule has 2 aromatic rings. The van der Waals surface area contributed by atoms with Crippen LogP contribution in [0.2, 0.25) is 0 Å². The molecule has 0 unspecified atom stereocenters. The number of nitriles is 1. The minimum atomic E-state index is -0.182. The molecular weight excluding hydrogens is 346 g/mol. The predicted molar refractivity (Wildman–Crippen MR) is 106 cm³/mol. The molecule has 26 heavy (non-hydrogen) atoms. The second-order valence-corrected chi connectivity index (χ2v) is 6.82. The maximum atomic E-state index is 11.9. The molecule has 0 bridgehead atoms. The van der Waals surface area contributed by atoms with Crippen molar-refractivity contribution >= 4 is 29.1 Å². The fourth-order valence-electron chi connectivity index (χ4n) is 2.49. The first-order chi connectivity index (χ1) is 12.5. The summed E-state index contributed by atoms with van der Waals surface area (Å²) < 4.78 is 0. The number of nitrogens with zero attached hydrogens (tertiary/aromatic N) is 4. The van der Waals surface area contributed by atoms with Gasteiger partial charge in [-0.15, -0.1) is 11.3 Å². The fraction of sp³-hybridized carbons (Fsp3) is 0.368. The van der Waals surface area contributed by atoms with E-state index >= 15 is 0 Å². The van der Waals surface area contributed by atoms with Crippen LogP contribution in [0.5, 0.6) is 0 Å². The molecule has 0 radical (unpaired) electrons. The molecule has 0 saturated heterocycles. The lowest BCUT2D eigenvalue weighted by atomic mass is 10.1. The van der Waals surface area contributed by atoms with Gasteiger partial charge in [-0.05, 0) is 44.0 Å². The molecule has 1 aromatic carbocycles. The average Bonchev–Trinajstić information content (AvgIpc) is 3.02. The lowest BCUT2D eigenvalue weighted by Crippen LogP contribution is -2.23. The third-order valence-corrected chi connectivity index (χ3v) is 4.83. The lowest BCUT2D eigenvalue weighted by molar-refractivity contribution is -0.120. The Kier molecular flexibility index (Phi) is 7.30. The van der Waals surface area contributed by atoms with Crippen LogP contribution < -0.4 is 10.3 Å². The summed E-state index contributed by atoms with van der Waals surface area (Å²) in [7, 11) is 0. The highest BCUT2D eigenvalue weighted by Crippen LogP contribution is 2.18. The Hall–Kier alpha value is -2.72. The zero-order chi connectivity index (χ0) is 18.9. The number of benzene rings is 1. The van der Waals surface area contributed by atoms with E-state index in [1.807, 2.05) is 31.4 Å². The van der Waals surface area contributed by atoms with E-state index < -0.39 is 0 Å². The van der Waals surface area contributed by atoms with Crippen LogP contribution in [-0.4, -0.2) is 30.2 Å². The van der Waals surface area contributed by atoms with Gasteiger partial charge in [-0.1, -0.05) is 6.07 Å². The number of nitrogens with one attached hydrogen (secondary N) is 1. The highest BCUT2D eigenvalue weighted by molar-refractivity contribution is 7.09. The van der Waals surface area contributed by atoms with Crippen molar-refractivity contribution in [1.82, 2.24) is 10.4 Å². The van der Waals surface area contributed by atoms with Gasteiger partial charge in [0.1, 0.15) is 5.01 Å². The number of hydrogen-bond donors (Lipinski definition) is 1. The first kappa shape index (κ1) is 19.6. The first-order valence-electron chi connectivity index (χ1n) is 8.49. The van der Waals surface area contributed by atoms with E-state index in [-0.39, 0.29) is 12.3 Å². The van der Waals surface area contributed by atoms with Crippen molar-refractivity contribution in [2.75, 3.05) is 18.0 Å². The van der Waals surface area contributed by atoms with Crippen LogP contribution in [0.25, 0.3) is 0 Å². The lowest BCUT2D eigenvalue weighted by Gasteiger charge is -2.22. The average molecular weight is 369 g/mol. The van der Waals surface area contributed by atoms with Gasteiger partial charge in [0.2, 0.25) is 5.91 Å². The van der Waals surface area contributed by atoms with Crippen molar-refractivity contribution in [3.05, 3.63) is 45.4 Å². The molecule has 0 aliphatic carbocycles. The highest BCUT2D eigenvalue weighted by Gasteiger charge is 2.07. The molecule has 6 nitrogen and oxygen atoms in total. The SMILES string of the molecule is CCN(CCC#N)c1ccc(/C=N\NC(=O)Cc2nc(C)cs2)c(C)c1. The summed E-state index contributed by atoms with van der Waals surface area (Å²) in [5.41, 5.74) is 6.55. The van der Waals surface area contributed by atoms with Crippen molar-refractivity contribution in [2.45, 2.75) is 33.6 Å². The van der Waals surface area contributed by atoms with Crippen LogP contribution in [0.1, 0.15) is 35.2 Å². The Morgan fingerprint density at radius 2 is 2.27 bits per heavy atom. The summed E-state index contributed by atoms with van der Waals surface area (Å²) in [6, 6.07) is 8.23. The molecular formula is C19H23N5OS. The van der Waals surface area contributed by atoms with Crippen LogP contribution >= 0.6 is 11.3 Å². The quantitative estimate of drug-likeness (QED) is 0.572. The van der Waals surface area contributed by atoms with Crippen molar-refractivity contribution in [3.8, 4) is 6.07 Å². The number of aromatic nitrogens is 1. The van der Waals surface area contributed by atoms with E-state index in [4.69, 9.17) is 5.26 Å². The monoisotopic (exact) mass is 369 g/mol. The molecule has 0 spiro atoms. The summed E-state index contributed by atoms with van der Waals surface area (Å²) in [4.78, 5) is 18.3. The molecule has 2 rings (SSSR count). The number of aryl methyl sites for hydroxylation is 2.